The van der Waals surface area contributed by atoms with Crippen LogP contribution in [0.4, 0.5) is 10.1 Å². The van der Waals surface area contributed by atoms with Gasteiger partial charge in [0.2, 0.25) is 0 Å². The van der Waals surface area contributed by atoms with Crippen molar-refractivity contribution >= 4 is 5.69 Å². The first kappa shape index (κ1) is 17.0. The van der Waals surface area contributed by atoms with Crippen molar-refractivity contribution in [1.29, 1.82) is 0 Å². The third-order valence-electron chi connectivity index (χ3n) is 3.48. The predicted octanol–water partition coefficient (Wildman–Crippen LogP) is 3.77. The van der Waals surface area contributed by atoms with Gasteiger partial charge in [0, 0.05) is 37.4 Å². The molecule has 1 aromatic rings. The van der Waals surface area contributed by atoms with Crippen LogP contribution in [0, 0.1) is 18.7 Å². The molecule has 1 fully saturated rings. The van der Waals surface area contributed by atoms with E-state index in [1.54, 1.807) is 6.07 Å². The van der Waals surface area contributed by atoms with E-state index in [1.165, 1.54) is 0 Å². The van der Waals surface area contributed by atoms with Crippen molar-refractivity contribution in [2.24, 2.45) is 5.92 Å². The van der Waals surface area contributed by atoms with E-state index in [9.17, 15) is 4.39 Å². The molecule has 1 aliphatic heterocycles. The fourth-order valence-electron chi connectivity index (χ4n) is 2.54. The molecule has 1 N–H and O–H groups in total. The first-order chi connectivity index (χ1) is 9.58. The molecular formula is C17H29FN2. The van der Waals surface area contributed by atoms with Crippen molar-refractivity contribution in [2.45, 2.75) is 41.0 Å². The number of rotatable bonds is 3. The van der Waals surface area contributed by atoms with Crippen LogP contribution in [0.2, 0.25) is 0 Å². The second kappa shape index (κ2) is 8.25. The van der Waals surface area contributed by atoms with Crippen molar-refractivity contribution in [2.75, 3.05) is 31.1 Å². The Kier molecular flexibility index (Phi) is 7.00. The summed E-state index contributed by atoms with van der Waals surface area (Å²) >= 11 is 0. The van der Waals surface area contributed by atoms with Crippen LogP contribution in [0.15, 0.2) is 12.1 Å². The number of anilines is 1. The standard InChI is InChI=1S/C15H23FN2.C2H6/c1-11(2)8-13-9-14(16)12(3)15(10-13)18-6-4-17-5-7-18;1-2/h9-11,17H,4-8H2,1-3H3;1-2H3. The van der Waals surface area contributed by atoms with Crippen LogP contribution in [-0.2, 0) is 6.42 Å². The van der Waals surface area contributed by atoms with E-state index in [-0.39, 0.29) is 5.82 Å². The minimum Gasteiger partial charge on any atom is -0.369 e. The lowest BCUT2D eigenvalue weighted by Gasteiger charge is -2.31. The Morgan fingerprint density at radius 3 is 2.35 bits per heavy atom. The molecule has 0 aromatic heterocycles. The number of hydrogen-bond donors (Lipinski definition) is 1. The molecule has 0 bridgehead atoms. The molecule has 0 saturated carbocycles. The molecule has 0 aliphatic carbocycles. The largest absolute Gasteiger partial charge is 0.369 e. The van der Waals surface area contributed by atoms with Crippen molar-refractivity contribution in [3.8, 4) is 0 Å². The van der Waals surface area contributed by atoms with Crippen LogP contribution in [0.25, 0.3) is 0 Å². The van der Waals surface area contributed by atoms with E-state index in [1.807, 2.05) is 20.8 Å². The molecule has 2 rings (SSSR count). The van der Waals surface area contributed by atoms with Crippen LogP contribution in [0.5, 0.6) is 0 Å². The van der Waals surface area contributed by atoms with Gasteiger partial charge in [0.25, 0.3) is 0 Å². The summed E-state index contributed by atoms with van der Waals surface area (Å²) in [5.74, 6) is 0.490. The Morgan fingerprint density at radius 1 is 1.20 bits per heavy atom. The highest BCUT2D eigenvalue weighted by molar-refractivity contribution is 5.56. The zero-order valence-electron chi connectivity index (χ0n) is 13.6. The highest BCUT2D eigenvalue weighted by Gasteiger charge is 2.16. The lowest BCUT2D eigenvalue weighted by atomic mass is 9.99. The molecular weight excluding hydrogens is 251 g/mol. The molecule has 1 aromatic carbocycles. The Morgan fingerprint density at radius 2 is 1.80 bits per heavy atom. The van der Waals surface area contributed by atoms with Gasteiger partial charge in [-0.3, -0.25) is 0 Å². The molecule has 0 amide bonds. The first-order valence-electron chi connectivity index (χ1n) is 7.82. The third-order valence-corrected chi connectivity index (χ3v) is 3.48. The quantitative estimate of drug-likeness (QED) is 0.906. The molecule has 0 unspecified atom stereocenters. The summed E-state index contributed by atoms with van der Waals surface area (Å²) in [5, 5.41) is 3.33. The van der Waals surface area contributed by atoms with Gasteiger partial charge in [-0.25, -0.2) is 4.39 Å². The van der Waals surface area contributed by atoms with Crippen molar-refractivity contribution < 1.29 is 4.39 Å². The van der Waals surface area contributed by atoms with E-state index in [4.69, 9.17) is 0 Å². The Labute approximate surface area is 123 Å². The maximum absolute atomic E-state index is 14.0. The van der Waals surface area contributed by atoms with Gasteiger partial charge in [0.15, 0.2) is 0 Å². The van der Waals surface area contributed by atoms with Gasteiger partial charge >= 0.3 is 0 Å². The second-order valence-electron chi connectivity index (χ2n) is 5.56. The molecule has 1 saturated heterocycles. The van der Waals surface area contributed by atoms with E-state index >= 15 is 0 Å². The summed E-state index contributed by atoms with van der Waals surface area (Å²) in [5.41, 5.74) is 2.97. The number of nitrogens with zero attached hydrogens (tertiary/aromatic N) is 1. The molecule has 0 atom stereocenters. The average Bonchev–Trinajstić information content (AvgIpc) is 2.45. The fourth-order valence-corrected chi connectivity index (χ4v) is 2.54. The fraction of sp³-hybridized carbons (Fsp3) is 0.647. The Hall–Kier alpha value is -1.09. The second-order valence-corrected chi connectivity index (χ2v) is 5.56. The monoisotopic (exact) mass is 280 g/mol. The molecule has 1 aliphatic rings. The van der Waals surface area contributed by atoms with Crippen molar-refractivity contribution in [3.05, 3.63) is 29.1 Å². The van der Waals surface area contributed by atoms with Crippen molar-refractivity contribution in [3.63, 3.8) is 0 Å². The minimum absolute atomic E-state index is 0.0679. The molecule has 0 radical (unpaired) electrons. The Bertz CT molecular complexity index is 410. The topological polar surface area (TPSA) is 15.3 Å². The zero-order valence-corrected chi connectivity index (χ0v) is 13.6. The number of halogens is 1. The predicted molar refractivity (Wildman–Crippen MR) is 86.1 cm³/mol. The summed E-state index contributed by atoms with van der Waals surface area (Å²) < 4.78 is 14.0. The van der Waals surface area contributed by atoms with Gasteiger partial charge < -0.3 is 10.2 Å². The molecule has 2 nitrogen and oxygen atoms in total. The SMILES string of the molecule is CC.Cc1c(F)cc(CC(C)C)cc1N1CCNCC1. The smallest absolute Gasteiger partial charge is 0.128 e. The summed E-state index contributed by atoms with van der Waals surface area (Å²) in [6, 6.07) is 3.87. The normalized spacial score (nSPS) is 15.1. The maximum atomic E-state index is 14.0. The van der Waals surface area contributed by atoms with Crippen LogP contribution < -0.4 is 10.2 Å². The maximum Gasteiger partial charge on any atom is 0.128 e. The molecule has 114 valence electrons. The van der Waals surface area contributed by atoms with Gasteiger partial charge in [-0.1, -0.05) is 27.7 Å². The highest BCUT2D eigenvalue weighted by atomic mass is 19.1. The summed E-state index contributed by atoms with van der Waals surface area (Å²) in [6.07, 6.45) is 0.941. The number of hydrogen-bond acceptors (Lipinski definition) is 2. The van der Waals surface area contributed by atoms with E-state index in [0.29, 0.717) is 5.92 Å². The Balaban J connectivity index is 0.000000956. The summed E-state index contributed by atoms with van der Waals surface area (Å²) in [6.45, 7) is 14.1. The molecule has 3 heteroatoms. The van der Waals surface area contributed by atoms with Gasteiger partial charge in [0.1, 0.15) is 5.82 Å². The first-order valence-corrected chi connectivity index (χ1v) is 7.82. The summed E-state index contributed by atoms with van der Waals surface area (Å²) in [4.78, 5) is 2.29. The van der Waals surface area contributed by atoms with Crippen molar-refractivity contribution in [1.82, 2.24) is 5.32 Å². The van der Waals surface area contributed by atoms with Crippen LogP contribution >= 0.6 is 0 Å². The van der Waals surface area contributed by atoms with Crippen LogP contribution in [0.3, 0.4) is 0 Å². The average molecular weight is 280 g/mol. The third kappa shape index (κ3) is 4.48. The van der Waals surface area contributed by atoms with E-state index in [0.717, 1.165) is 49.4 Å². The van der Waals surface area contributed by atoms with Crippen LogP contribution in [0.1, 0.15) is 38.8 Å². The van der Waals surface area contributed by atoms with Gasteiger partial charge in [-0.05, 0) is 37.0 Å². The lowest BCUT2D eigenvalue weighted by molar-refractivity contribution is 0.577. The van der Waals surface area contributed by atoms with Crippen LogP contribution in [-0.4, -0.2) is 26.2 Å². The van der Waals surface area contributed by atoms with Gasteiger partial charge in [-0.2, -0.15) is 0 Å². The van der Waals surface area contributed by atoms with Gasteiger partial charge in [0.05, 0.1) is 0 Å². The summed E-state index contributed by atoms with van der Waals surface area (Å²) in [7, 11) is 0. The molecule has 0 spiro atoms. The molecule has 1 heterocycles. The number of benzene rings is 1. The minimum atomic E-state index is -0.0679. The van der Waals surface area contributed by atoms with E-state index < -0.39 is 0 Å². The lowest BCUT2D eigenvalue weighted by Crippen LogP contribution is -2.43. The van der Waals surface area contributed by atoms with E-state index in [2.05, 4.69) is 30.1 Å². The van der Waals surface area contributed by atoms with Gasteiger partial charge in [-0.15, -0.1) is 0 Å². The highest BCUT2D eigenvalue weighted by Crippen LogP contribution is 2.26. The number of nitrogens with one attached hydrogen (secondary N) is 1. The zero-order chi connectivity index (χ0) is 15.1. The molecule has 20 heavy (non-hydrogen) atoms. The number of piperazine rings is 1.